The second kappa shape index (κ2) is 6.34. The summed E-state index contributed by atoms with van der Waals surface area (Å²) < 4.78 is 0. The minimum Gasteiger partial charge on any atom is -0.326 e. The Bertz CT molecular complexity index is 704. The number of hydrogen-bond acceptors (Lipinski definition) is 4. The van der Waals surface area contributed by atoms with Gasteiger partial charge in [0.15, 0.2) is 0 Å². The van der Waals surface area contributed by atoms with E-state index in [1.54, 1.807) is 18.2 Å². The number of halogens is 1. The van der Waals surface area contributed by atoms with Crippen LogP contribution in [-0.2, 0) is 6.54 Å². The Morgan fingerprint density at radius 3 is 2.67 bits per heavy atom. The minimum atomic E-state index is -0.601. The molecule has 0 saturated carbocycles. The summed E-state index contributed by atoms with van der Waals surface area (Å²) in [6.07, 6.45) is 0. The van der Waals surface area contributed by atoms with E-state index in [-0.39, 0.29) is 22.8 Å². The van der Waals surface area contributed by atoms with Crippen molar-refractivity contribution in [2.24, 2.45) is 5.73 Å². The molecular weight excluding hydrogens is 294 g/mol. The number of non-ortho nitro benzene ring substituents is 1. The van der Waals surface area contributed by atoms with Crippen LogP contribution >= 0.6 is 11.6 Å². The predicted molar refractivity (Wildman–Crippen MR) is 80.4 cm³/mol. The van der Waals surface area contributed by atoms with Crippen LogP contribution in [0.2, 0.25) is 5.02 Å². The van der Waals surface area contributed by atoms with Crippen LogP contribution in [0.5, 0.6) is 0 Å². The molecule has 0 saturated heterocycles. The fourth-order valence-electron chi connectivity index (χ4n) is 1.83. The van der Waals surface area contributed by atoms with Gasteiger partial charge >= 0.3 is 0 Å². The van der Waals surface area contributed by atoms with E-state index in [4.69, 9.17) is 17.3 Å². The number of carbonyl (C=O) groups is 1. The van der Waals surface area contributed by atoms with Gasteiger partial charge in [-0.05, 0) is 17.7 Å². The first-order chi connectivity index (χ1) is 10.0. The van der Waals surface area contributed by atoms with Gasteiger partial charge in [0.2, 0.25) is 0 Å². The summed E-state index contributed by atoms with van der Waals surface area (Å²) in [5, 5.41) is 13.6. The van der Waals surface area contributed by atoms with Crippen LogP contribution in [0.1, 0.15) is 15.9 Å². The lowest BCUT2D eigenvalue weighted by molar-refractivity contribution is -0.384. The Morgan fingerprint density at radius 2 is 2.00 bits per heavy atom. The molecule has 2 rings (SSSR count). The van der Waals surface area contributed by atoms with Gasteiger partial charge in [-0.25, -0.2) is 0 Å². The molecule has 0 fully saturated rings. The largest absolute Gasteiger partial charge is 0.326 e. The number of anilines is 1. The van der Waals surface area contributed by atoms with Crippen LogP contribution in [-0.4, -0.2) is 10.8 Å². The van der Waals surface area contributed by atoms with Gasteiger partial charge in [-0.15, -0.1) is 0 Å². The molecule has 0 heterocycles. The fraction of sp³-hybridized carbons (Fsp3) is 0.0714. The quantitative estimate of drug-likeness (QED) is 0.670. The van der Waals surface area contributed by atoms with Crippen LogP contribution in [0.3, 0.4) is 0 Å². The van der Waals surface area contributed by atoms with E-state index in [1.165, 1.54) is 18.2 Å². The van der Waals surface area contributed by atoms with Gasteiger partial charge in [-0.2, -0.15) is 0 Å². The Kier molecular flexibility index (Phi) is 4.52. The number of amides is 1. The molecule has 3 N–H and O–H groups in total. The Balaban J connectivity index is 2.30. The van der Waals surface area contributed by atoms with Gasteiger partial charge in [0.05, 0.1) is 4.92 Å². The van der Waals surface area contributed by atoms with Crippen molar-refractivity contribution in [1.29, 1.82) is 0 Å². The van der Waals surface area contributed by atoms with Crippen LogP contribution < -0.4 is 11.1 Å². The van der Waals surface area contributed by atoms with E-state index in [9.17, 15) is 14.9 Å². The summed E-state index contributed by atoms with van der Waals surface area (Å²) in [7, 11) is 0. The molecule has 0 bridgehead atoms. The van der Waals surface area contributed by atoms with Crippen LogP contribution in [0, 0.1) is 10.1 Å². The van der Waals surface area contributed by atoms with Gasteiger partial charge < -0.3 is 11.1 Å². The van der Waals surface area contributed by atoms with Crippen LogP contribution in [0.25, 0.3) is 0 Å². The summed E-state index contributed by atoms with van der Waals surface area (Å²) in [4.78, 5) is 22.4. The molecule has 0 aliphatic carbocycles. The van der Waals surface area contributed by atoms with Crippen molar-refractivity contribution in [3.05, 3.63) is 68.7 Å². The molecule has 0 aromatic heterocycles. The number of nitrogens with zero attached hydrogens (tertiary/aromatic N) is 1. The molecule has 2 aromatic rings. The maximum atomic E-state index is 12.2. The molecule has 0 atom stereocenters. The van der Waals surface area contributed by atoms with Crippen molar-refractivity contribution in [2.45, 2.75) is 6.54 Å². The Morgan fingerprint density at radius 1 is 1.29 bits per heavy atom. The highest BCUT2D eigenvalue weighted by atomic mass is 35.5. The Hall–Kier alpha value is -2.44. The van der Waals surface area contributed by atoms with E-state index in [1.807, 2.05) is 6.07 Å². The first kappa shape index (κ1) is 15.0. The highest BCUT2D eigenvalue weighted by molar-refractivity contribution is 6.31. The van der Waals surface area contributed by atoms with Gasteiger partial charge in [0.1, 0.15) is 0 Å². The molecule has 21 heavy (non-hydrogen) atoms. The third kappa shape index (κ3) is 3.56. The van der Waals surface area contributed by atoms with Crippen molar-refractivity contribution in [1.82, 2.24) is 0 Å². The molecule has 0 unspecified atom stereocenters. The number of nitro groups is 1. The number of hydrogen-bond donors (Lipinski definition) is 2. The predicted octanol–water partition coefficient (Wildman–Crippen LogP) is 2.96. The number of rotatable bonds is 4. The van der Waals surface area contributed by atoms with E-state index in [2.05, 4.69) is 5.32 Å². The smallest absolute Gasteiger partial charge is 0.271 e. The number of para-hydroxylation sites is 1. The molecule has 1 amide bonds. The zero-order valence-corrected chi connectivity index (χ0v) is 11.6. The average Bonchev–Trinajstić information content (AvgIpc) is 2.47. The molecule has 7 heteroatoms. The number of nitrogens with two attached hydrogens (primary N) is 1. The summed E-state index contributed by atoms with van der Waals surface area (Å²) in [6.45, 7) is 0.270. The van der Waals surface area contributed by atoms with E-state index in [0.717, 1.165) is 5.56 Å². The molecule has 108 valence electrons. The first-order valence-electron chi connectivity index (χ1n) is 6.05. The van der Waals surface area contributed by atoms with Gasteiger partial charge in [-0.3, -0.25) is 14.9 Å². The van der Waals surface area contributed by atoms with Crippen molar-refractivity contribution in [2.75, 3.05) is 5.32 Å². The Labute approximate surface area is 125 Å². The normalized spacial score (nSPS) is 10.2. The summed E-state index contributed by atoms with van der Waals surface area (Å²) in [5.41, 5.74) is 6.80. The zero-order chi connectivity index (χ0) is 15.4. The summed E-state index contributed by atoms with van der Waals surface area (Å²) in [5.74, 6) is -0.485. The van der Waals surface area contributed by atoms with Gasteiger partial charge in [-0.1, -0.05) is 29.8 Å². The lowest BCUT2D eigenvalue weighted by Gasteiger charge is -2.09. The summed E-state index contributed by atoms with van der Waals surface area (Å²) in [6, 6.07) is 10.8. The van der Waals surface area contributed by atoms with Crippen molar-refractivity contribution in [3.8, 4) is 0 Å². The average molecular weight is 306 g/mol. The molecule has 0 radical (unpaired) electrons. The molecule has 2 aromatic carbocycles. The van der Waals surface area contributed by atoms with Crippen molar-refractivity contribution < 1.29 is 9.72 Å². The lowest BCUT2D eigenvalue weighted by Crippen LogP contribution is -2.14. The third-order valence-corrected chi connectivity index (χ3v) is 3.06. The highest BCUT2D eigenvalue weighted by Crippen LogP contribution is 2.22. The molecule has 0 spiro atoms. The molecule has 0 aliphatic rings. The second-order valence-corrected chi connectivity index (χ2v) is 4.71. The van der Waals surface area contributed by atoms with Crippen LogP contribution in [0.15, 0.2) is 42.5 Å². The SMILES string of the molecule is NCc1ccccc1NC(=O)c1cc(Cl)cc([N+](=O)[O-])c1. The number of carbonyl (C=O) groups excluding carboxylic acids is 1. The van der Waals surface area contributed by atoms with Gasteiger partial charge in [0, 0.05) is 35.0 Å². The maximum Gasteiger partial charge on any atom is 0.271 e. The number of benzene rings is 2. The zero-order valence-electron chi connectivity index (χ0n) is 10.9. The minimum absolute atomic E-state index is 0.112. The fourth-order valence-corrected chi connectivity index (χ4v) is 2.05. The molecule has 6 nitrogen and oxygen atoms in total. The number of nitrogens with one attached hydrogen (secondary N) is 1. The monoisotopic (exact) mass is 305 g/mol. The van der Waals surface area contributed by atoms with E-state index < -0.39 is 10.8 Å². The highest BCUT2D eigenvalue weighted by Gasteiger charge is 2.15. The van der Waals surface area contributed by atoms with Gasteiger partial charge in [0.25, 0.3) is 11.6 Å². The maximum absolute atomic E-state index is 12.2. The number of nitro benzene ring substituents is 1. The standard InChI is InChI=1S/C14H12ClN3O3/c15-11-5-10(6-12(7-11)18(20)21)14(19)17-13-4-2-1-3-9(13)8-16/h1-7H,8,16H2,(H,17,19). The van der Waals surface area contributed by atoms with Crippen molar-refractivity contribution >= 4 is 28.9 Å². The van der Waals surface area contributed by atoms with E-state index >= 15 is 0 Å². The third-order valence-electron chi connectivity index (χ3n) is 2.84. The van der Waals surface area contributed by atoms with Crippen molar-refractivity contribution in [3.63, 3.8) is 0 Å². The summed E-state index contributed by atoms with van der Waals surface area (Å²) >= 11 is 5.80. The lowest BCUT2D eigenvalue weighted by atomic mass is 10.1. The molecular formula is C14H12ClN3O3. The van der Waals surface area contributed by atoms with Crippen LogP contribution in [0.4, 0.5) is 11.4 Å². The second-order valence-electron chi connectivity index (χ2n) is 4.27. The van der Waals surface area contributed by atoms with E-state index in [0.29, 0.717) is 5.69 Å². The first-order valence-corrected chi connectivity index (χ1v) is 6.43. The topological polar surface area (TPSA) is 98.3 Å². The molecule has 0 aliphatic heterocycles.